The molecule has 4 rings (SSSR count). The fourth-order valence-corrected chi connectivity index (χ4v) is 4.78. The Labute approximate surface area is 169 Å². The van der Waals surface area contributed by atoms with Crippen LogP contribution in [0.4, 0.5) is 0 Å². The van der Waals surface area contributed by atoms with Gasteiger partial charge in [-0.3, -0.25) is 9.78 Å². The second kappa shape index (κ2) is 8.16. The van der Waals surface area contributed by atoms with Crippen LogP contribution in [0, 0.1) is 0 Å². The van der Waals surface area contributed by atoms with Gasteiger partial charge in [-0.1, -0.05) is 35.5 Å². The quantitative estimate of drug-likeness (QED) is 0.726. The zero-order chi connectivity index (χ0) is 20.3. The molecule has 1 aromatic carbocycles. The van der Waals surface area contributed by atoms with Gasteiger partial charge in [-0.05, 0) is 29.3 Å². The van der Waals surface area contributed by atoms with Crippen molar-refractivity contribution in [2.45, 2.75) is 31.5 Å². The van der Waals surface area contributed by atoms with E-state index < -0.39 is 22.0 Å². The second-order valence-electron chi connectivity index (χ2n) is 7.17. The van der Waals surface area contributed by atoms with E-state index in [0.29, 0.717) is 12.8 Å². The molecule has 0 radical (unpaired) electrons. The van der Waals surface area contributed by atoms with Gasteiger partial charge in [0, 0.05) is 37.2 Å². The molecule has 2 aliphatic rings. The molecule has 2 aliphatic heterocycles. The van der Waals surface area contributed by atoms with Gasteiger partial charge in [-0.2, -0.15) is 0 Å². The van der Waals surface area contributed by atoms with Gasteiger partial charge in [0.2, 0.25) is 6.10 Å². The minimum Gasteiger partial charge on any atom is -0.382 e. The summed E-state index contributed by atoms with van der Waals surface area (Å²) in [5, 5.41) is 5.28. The maximum Gasteiger partial charge on any atom is 0.267 e. The lowest BCUT2D eigenvalue weighted by molar-refractivity contribution is -0.143. The number of sulfone groups is 1. The minimum atomic E-state index is -3.30. The van der Waals surface area contributed by atoms with E-state index in [0.717, 1.165) is 16.8 Å². The Morgan fingerprint density at radius 2 is 1.86 bits per heavy atom. The van der Waals surface area contributed by atoms with E-state index in [-0.39, 0.29) is 18.2 Å². The number of carbonyl (C=O) groups excluding carboxylic acids is 1. The van der Waals surface area contributed by atoms with Gasteiger partial charge in [-0.25, -0.2) is 8.42 Å². The van der Waals surface area contributed by atoms with Gasteiger partial charge in [-0.15, -0.1) is 0 Å². The molecule has 29 heavy (non-hydrogen) atoms. The average molecular weight is 411 g/mol. The summed E-state index contributed by atoms with van der Waals surface area (Å²) in [6.07, 6.45) is 5.12. The fraction of sp³-hybridized carbons (Fsp3) is 0.286. The number of hydrogen-bond acceptors (Lipinski definition) is 6. The summed E-state index contributed by atoms with van der Waals surface area (Å²) in [4.78, 5) is 24.2. The summed E-state index contributed by atoms with van der Waals surface area (Å²) in [5.74, 6) is -0.380. The van der Waals surface area contributed by atoms with Crippen molar-refractivity contribution in [3.05, 3.63) is 77.5 Å². The number of amides is 1. The number of nitrogens with zero attached hydrogens (tertiary/aromatic N) is 3. The first-order valence-electron chi connectivity index (χ1n) is 9.36. The Morgan fingerprint density at radius 3 is 2.55 bits per heavy atom. The molecule has 0 N–H and O–H groups in total. The van der Waals surface area contributed by atoms with Gasteiger partial charge >= 0.3 is 0 Å². The monoisotopic (exact) mass is 411 g/mol. The predicted octanol–water partition coefficient (Wildman–Crippen LogP) is 2.11. The molecular formula is C21H21N3O4S. The number of pyridine rings is 1. The van der Waals surface area contributed by atoms with Crippen LogP contribution in [0.2, 0.25) is 0 Å². The smallest absolute Gasteiger partial charge is 0.267 e. The van der Waals surface area contributed by atoms with Crippen LogP contribution in [0.1, 0.15) is 17.5 Å². The zero-order valence-electron chi connectivity index (χ0n) is 15.7. The summed E-state index contributed by atoms with van der Waals surface area (Å²) in [6, 6.07) is 12.9. The Bertz CT molecular complexity index is 1040. The summed E-state index contributed by atoms with van der Waals surface area (Å²) in [6.45, 7) is 0.278. The highest BCUT2D eigenvalue weighted by atomic mass is 32.2. The van der Waals surface area contributed by atoms with E-state index in [9.17, 15) is 13.2 Å². The highest BCUT2D eigenvalue weighted by Crippen LogP contribution is 2.23. The van der Waals surface area contributed by atoms with E-state index in [2.05, 4.69) is 10.1 Å². The topological polar surface area (TPSA) is 88.9 Å². The molecular weight excluding hydrogens is 390 g/mol. The molecule has 2 aromatic rings. The fourth-order valence-electron chi connectivity index (χ4n) is 3.48. The lowest BCUT2D eigenvalue weighted by Crippen LogP contribution is -2.45. The van der Waals surface area contributed by atoms with Crippen molar-refractivity contribution in [2.24, 2.45) is 5.16 Å². The van der Waals surface area contributed by atoms with Crippen molar-refractivity contribution in [3.8, 4) is 0 Å². The third-order valence-corrected chi connectivity index (χ3v) is 6.33. The first kappa shape index (κ1) is 19.3. The Kier molecular flexibility index (Phi) is 5.44. The number of aromatic nitrogens is 1. The van der Waals surface area contributed by atoms with E-state index in [1.807, 2.05) is 30.3 Å². The molecule has 150 valence electrons. The van der Waals surface area contributed by atoms with Gasteiger partial charge < -0.3 is 9.74 Å². The zero-order valence-corrected chi connectivity index (χ0v) is 16.5. The van der Waals surface area contributed by atoms with Crippen LogP contribution in [0.3, 0.4) is 0 Å². The maximum atomic E-state index is 13.2. The number of benzene rings is 1. The standard InChI is InChI=1S/C21H21N3O4S/c25-21(20-13-18(23-28-20)12-16-4-2-1-3-5-16)24(14-17-6-9-22-10-7-17)19-8-11-29(26,27)15-19/h1-11,19-20H,12-15H2. The molecule has 3 heterocycles. The van der Waals surface area contributed by atoms with E-state index >= 15 is 0 Å². The Hall–Kier alpha value is -3.00. The minimum absolute atomic E-state index is 0.117. The third kappa shape index (κ3) is 4.71. The average Bonchev–Trinajstić information content (AvgIpc) is 3.33. The molecule has 1 aromatic heterocycles. The van der Waals surface area contributed by atoms with Crippen LogP contribution < -0.4 is 0 Å². The van der Waals surface area contributed by atoms with Crippen molar-refractivity contribution in [1.82, 2.24) is 9.88 Å². The van der Waals surface area contributed by atoms with Crippen LogP contribution in [-0.2, 0) is 32.4 Å². The van der Waals surface area contributed by atoms with E-state index in [4.69, 9.17) is 4.84 Å². The highest BCUT2D eigenvalue weighted by Gasteiger charge is 2.37. The van der Waals surface area contributed by atoms with Crippen molar-refractivity contribution >= 4 is 21.5 Å². The van der Waals surface area contributed by atoms with Gasteiger partial charge in [0.15, 0.2) is 9.84 Å². The molecule has 8 heteroatoms. The molecule has 0 saturated heterocycles. The van der Waals surface area contributed by atoms with Crippen LogP contribution >= 0.6 is 0 Å². The highest BCUT2D eigenvalue weighted by molar-refractivity contribution is 7.94. The first-order chi connectivity index (χ1) is 14.0. The van der Waals surface area contributed by atoms with Crippen LogP contribution in [-0.4, -0.2) is 47.8 Å². The summed E-state index contributed by atoms with van der Waals surface area (Å²) in [7, 11) is -3.30. The van der Waals surface area contributed by atoms with E-state index in [1.54, 1.807) is 35.5 Å². The van der Waals surface area contributed by atoms with Crippen molar-refractivity contribution in [2.75, 3.05) is 5.75 Å². The summed E-state index contributed by atoms with van der Waals surface area (Å²) in [5.41, 5.74) is 2.77. The third-order valence-electron chi connectivity index (χ3n) is 4.95. The van der Waals surface area contributed by atoms with Gasteiger partial charge in [0.05, 0.1) is 17.5 Å². The molecule has 2 unspecified atom stereocenters. The maximum absolute atomic E-state index is 13.2. The SMILES string of the molecule is O=C(C1CC(Cc2ccccc2)=NO1)N(Cc1ccncc1)C1C=CS(=O)(=O)C1. The van der Waals surface area contributed by atoms with Crippen molar-refractivity contribution in [3.63, 3.8) is 0 Å². The van der Waals surface area contributed by atoms with E-state index in [1.165, 1.54) is 5.41 Å². The van der Waals surface area contributed by atoms with Crippen molar-refractivity contribution < 1.29 is 18.0 Å². The molecule has 0 bridgehead atoms. The number of carbonyl (C=O) groups is 1. The number of oxime groups is 1. The largest absolute Gasteiger partial charge is 0.382 e. The molecule has 0 spiro atoms. The molecule has 0 aliphatic carbocycles. The second-order valence-corrected chi connectivity index (χ2v) is 9.10. The number of hydrogen-bond donors (Lipinski definition) is 0. The molecule has 2 atom stereocenters. The van der Waals surface area contributed by atoms with Gasteiger partial charge in [0.25, 0.3) is 5.91 Å². The normalized spacial score (nSPS) is 22.1. The van der Waals surface area contributed by atoms with Crippen LogP contribution in [0.25, 0.3) is 0 Å². The van der Waals surface area contributed by atoms with Crippen LogP contribution in [0.15, 0.2) is 71.5 Å². The lowest BCUT2D eigenvalue weighted by atomic mass is 10.0. The lowest BCUT2D eigenvalue weighted by Gasteiger charge is -2.29. The first-order valence-corrected chi connectivity index (χ1v) is 11.1. The predicted molar refractivity (Wildman–Crippen MR) is 109 cm³/mol. The Morgan fingerprint density at radius 1 is 1.10 bits per heavy atom. The van der Waals surface area contributed by atoms with Crippen LogP contribution in [0.5, 0.6) is 0 Å². The Balaban J connectivity index is 1.47. The van der Waals surface area contributed by atoms with Crippen molar-refractivity contribution in [1.29, 1.82) is 0 Å². The molecule has 0 fully saturated rings. The summed E-state index contributed by atoms with van der Waals surface area (Å²) < 4.78 is 23.8. The molecule has 7 nitrogen and oxygen atoms in total. The van der Waals surface area contributed by atoms with Gasteiger partial charge in [0.1, 0.15) is 0 Å². The molecule has 1 amide bonds. The summed E-state index contributed by atoms with van der Waals surface area (Å²) >= 11 is 0. The molecule has 0 saturated carbocycles. The number of rotatable bonds is 6.